The summed E-state index contributed by atoms with van der Waals surface area (Å²) in [5, 5.41) is 0. The molecule has 0 fully saturated rings. The van der Waals surface area contributed by atoms with Crippen molar-refractivity contribution in [2.24, 2.45) is 5.41 Å². The molecule has 0 bridgehead atoms. The summed E-state index contributed by atoms with van der Waals surface area (Å²) < 4.78 is 11.8. The molecule has 0 aliphatic carbocycles. The Kier molecular flexibility index (Phi) is 8.86. The van der Waals surface area contributed by atoms with E-state index in [1.807, 2.05) is 57.2 Å². The molecule has 0 atom stereocenters. The van der Waals surface area contributed by atoms with Crippen LogP contribution in [0.3, 0.4) is 0 Å². The molecule has 4 heteroatoms. The van der Waals surface area contributed by atoms with Gasteiger partial charge < -0.3 is 9.47 Å². The summed E-state index contributed by atoms with van der Waals surface area (Å²) in [6.45, 7) is 16.6. The Bertz CT molecular complexity index is 1230. The van der Waals surface area contributed by atoms with E-state index in [4.69, 9.17) is 9.47 Å². The van der Waals surface area contributed by atoms with Gasteiger partial charge in [-0.05, 0) is 73.7 Å². The third kappa shape index (κ3) is 6.53. The molecule has 0 radical (unpaired) electrons. The summed E-state index contributed by atoms with van der Waals surface area (Å²) in [5.41, 5.74) is 2.46. The summed E-state index contributed by atoms with van der Waals surface area (Å²) in [7, 11) is 0. The van der Waals surface area contributed by atoms with Crippen molar-refractivity contribution in [2.45, 2.75) is 85.7 Å². The number of carbonyl (C=O) groups excluding carboxylic acids is 2. The Morgan fingerprint density at radius 2 is 1.05 bits per heavy atom. The molecule has 4 nitrogen and oxygen atoms in total. The van der Waals surface area contributed by atoms with Gasteiger partial charge >= 0.3 is 5.97 Å². The lowest BCUT2D eigenvalue weighted by Gasteiger charge is -2.30. The van der Waals surface area contributed by atoms with Crippen LogP contribution in [0.15, 0.2) is 72.8 Å². The summed E-state index contributed by atoms with van der Waals surface area (Å²) in [6.07, 6.45) is 2.66. The lowest BCUT2D eigenvalue weighted by atomic mass is 9.78. The van der Waals surface area contributed by atoms with Crippen LogP contribution in [0.5, 0.6) is 11.5 Å². The van der Waals surface area contributed by atoms with E-state index in [2.05, 4.69) is 46.8 Å². The molecule has 0 saturated heterocycles. The molecule has 38 heavy (non-hydrogen) atoms. The van der Waals surface area contributed by atoms with Crippen LogP contribution in [-0.4, -0.2) is 17.4 Å². The van der Waals surface area contributed by atoms with Crippen molar-refractivity contribution in [1.29, 1.82) is 0 Å². The number of carbonyl (C=O) groups is 2. The standard InChI is InChI=1S/C34H42O4/c1-9-32(4,5)30(35)24-12-14-25(15-13-24)31(36)37-28-20-16-26(17-21-28)33(6,7)27-18-22-29(23-19-27)38-34(8,10-2)11-3/h12-23H,9-11H2,1-8H3. The predicted molar refractivity (Wildman–Crippen MR) is 154 cm³/mol. The Morgan fingerprint density at radius 3 is 1.50 bits per heavy atom. The molecule has 0 unspecified atom stereocenters. The number of hydrogen-bond acceptors (Lipinski definition) is 4. The Hall–Kier alpha value is -3.40. The minimum atomic E-state index is -0.451. The fraction of sp³-hybridized carbons (Fsp3) is 0.412. The predicted octanol–water partition coefficient (Wildman–Crippen LogP) is 8.81. The van der Waals surface area contributed by atoms with Gasteiger partial charge in [0.15, 0.2) is 5.78 Å². The molecule has 0 amide bonds. The zero-order chi connectivity index (χ0) is 28.1. The van der Waals surface area contributed by atoms with Gasteiger partial charge in [0, 0.05) is 16.4 Å². The van der Waals surface area contributed by atoms with E-state index in [-0.39, 0.29) is 16.8 Å². The second-order valence-corrected chi connectivity index (χ2v) is 11.5. The van der Waals surface area contributed by atoms with Crippen molar-refractivity contribution >= 4 is 11.8 Å². The molecule has 0 saturated carbocycles. The van der Waals surface area contributed by atoms with Crippen LogP contribution < -0.4 is 9.47 Å². The van der Waals surface area contributed by atoms with E-state index >= 15 is 0 Å². The van der Waals surface area contributed by atoms with Crippen LogP contribution in [0.25, 0.3) is 0 Å². The van der Waals surface area contributed by atoms with Crippen LogP contribution in [0.4, 0.5) is 0 Å². The number of benzene rings is 3. The molecule has 0 spiro atoms. The molecular weight excluding hydrogens is 472 g/mol. The molecule has 3 rings (SSSR count). The Labute approximate surface area is 228 Å². The normalized spacial score (nSPS) is 12.2. The second-order valence-electron chi connectivity index (χ2n) is 11.5. The van der Waals surface area contributed by atoms with Gasteiger partial charge in [-0.2, -0.15) is 0 Å². The monoisotopic (exact) mass is 514 g/mol. The first-order chi connectivity index (χ1) is 17.8. The van der Waals surface area contributed by atoms with Crippen LogP contribution in [-0.2, 0) is 5.41 Å². The first kappa shape index (κ1) is 29.2. The van der Waals surface area contributed by atoms with E-state index in [0.29, 0.717) is 16.9 Å². The van der Waals surface area contributed by atoms with E-state index in [0.717, 1.165) is 30.6 Å². The Morgan fingerprint density at radius 1 is 0.605 bits per heavy atom. The van der Waals surface area contributed by atoms with Crippen LogP contribution >= 0.6 is 0 Å². The summed E-state index contributed by atoms with van der Waals surface area (Å²) in [4.78, 5) is 25.4. The summed E-state index contributed by atoms with van der Waals surface area (Å²) in [6, 6.07) is 22.6. The number of ketones is 1. The number of Topliss-reactive ketones (excluding diaryl/α,β-unsaturated/α-hetero) is 1. The SMILES string of the molecule is CCC(C)(CC)Oc1ccc(C(C)(C)c2ccc(OC(=O)c3ccc(C(=O)C(C)(C)CC)cc3)cc2)cc1. The van der Waals surface area contributed by atoms with Gasteiger partial charge in [-0.25, -0.2) is 4.79 Å². The lowest BCUT2D eigenvalue weighted by Crippen LogP contribution is -2.30. The number of ether oxygens (including phenoxy) is 2. The molecule has 202 valence electrons. The van der Waals surface area contributed by atoms with Gasteiger partial charge in [0.1, 0.15) is 17.1 Å². The van der Waals surface area contributed by atoms with Crippen molar-refractivity contribution in [2.75, 3.05) is 0 Å². The van der Waals surface area contributed by atoms with Gasteiger partial charge in [-0.3, -0.25) is 4.79 Å². The lowest BCUT2D eigenvalue weighted by molar-refractivity contribution is 0.0733. The third-order valence-electron chi connectivity index (χ3n) is 8.10. The molecule has 3 aromatic rings. The van der Waals surface area contributed by atoms with Crippen molar-refractivity contribution in [3.05, 3.63) is 95.1 Å². The highest BCUT2D eigenvalue weighted by Gasteiger charge is 2.27. The maximum Gasteiger partial charge on any atom is 0.343 e. The minimum absolute atomic E-state index is 0.0701. The molecule has 0 aliphatic rings. The summed E-state index contributed by atoms with van der Waals surface area (Å²) in [5.74, 6) is 0.974. The van der Waals surface area contributed by atoms with E-state index < -0.39 is 11.4 Å². The van der Waals surface area contributed by atoms with Gasteiger partial charge in [0.2, 0.25) is 0 Å². The topological polar surface area (TPSA) is 52.6 Å². The number of rotatable bonds is 11. The van der Waals surface area contributed by atoms with Gasteiger partial charge in [-0.1, -0.05) is 84.9 Å². The third-order valence-corrected chi connectivity index (χ3v) is 8.10. The molecule has 3 aromatic carbocycles. The molecular formula is C34H42O4. The van der Waals surface area contributed by atoms with E-state index in [9.17, 15) is 9.59 Å². The first-order valence-corrected chi connectivity index (χ1v) is 13.6. The zero-order valence-electron chi connectivity index (χ0n) is 24.2. The Balaban J connectivity index is 1.68. The highest BCUT2D eigenvalue weighted by atomic mass is 16.5. The maximum atomic E-state index is 12.7. The fourth-order valence-corrected chi connectivity index (χ4v) is 4.20. The summed E-state index contributed by atoms with van der Waals surface area (Å²) >= 11 is 0. The van der Waals surface area contributed by atoms with Crippen molar-refractivity contribution in [3.8, 4) is 11.5 Å². The smallest absolute Gasteiger partial charge is 0.343 e. The molecule has 0 N–H and O–H groups in total. The molecule has 0 aliphatic heterocycles. The molecule has 0 aromatic heterocycles. The van der Waals surface area contributed by atoms with Gasteiger partial charge in [-0.15, -0.1) is 0 Å². The highest BCUT2D eigenvalue weighted by molar-refractivity contribution is 6.01. The average Bonchev–Trinajstić information content (AvgIpc) is 2.93. The second kappa shape index (κ2) is 11.6. The quantitative estimate of drug-likeness (QED) is 0.146. The largest absolute Gasteiger partial charge is 0.488 e. The minimum Gasteiger partial charge on any atom is -0.488 e. The van der Waals surface area contributed by atoms with Crippen molar-refractivity contribution in [3.63, 3.8) is 0 Å². The number of esters is 1. The first-order valence-electron chi connectivity index (χ1n) is 13.6. The van der Waals surface area contributed by atoms with Gasteiger partial charge in [0.25, 0.3) is 0 Å². The number of hydrogen-bond donors (Lipinski definition) is 0. The van der Waals surface area contributed by atoms with Crippen molar-refractivity contribution < 1.29 is 19.1 Å². The van der Waals surface area contributed by atoms with Crippen molar-refractivity contribution in [1.82, 2.24) is 0 Å². The maximum absolute atomic E-state index is 12.7. The van der Waals surface area contributed by atoms with Crippen LogP contribution in [0, 0.1) is 5.41 Å². The fourth-order valence-electron chi connectivity index (χ4n) is 4.20. The average molecular weight is 515 g/mol. The highest BCUT2D eigenvalue weighted by Crippen LogP contribution is 2.34. The van der Waals surface area contributed by atoms with E-state index in [1.165, 1.54) is 5.56 Å². The van der Waals surface area contributed by atoms with Crippen LogP contribution in [0.1, 0.15) is 106 Å². The molecule has 0 heterocycles. The van der Waals surface area contributed by atoms with E-state index in [1.54, 1.807) is 24.3 Å². The van der Waals surface area contributed by atoms with Gasteiger partial charge in [0.05, 0.1) is 5.56 Å². The van der Waals surface area contributed by atoms with Crippen LogP contribution in [0.2, 0.25) is 0 Å². The zero-order valence-corrected chi connectivity index (χ0v) is 24.2.